The molecule has 5 nitrogen and oxygen atoms in total. The fourth-order valence-electron chi connectivity index (χ4n) is 0.627. The zero-order valence-electron chi connectivity index (χ0n) is 8.31. The molecule has 76 valence electrons. The number of carbonyl (C=O) groups is 2. The van der Waals surface area contributed by atoms with Crippen LogP contribution in [0, 0.1) is 5.41 Å². The molecule has 0 fully saturated rings. The van der Waals surface area contributed by atoms with E-state index in [-0.39, 0.29) is 5.91 Å². The van der Waals surface area contributed by atoms with E-state index in [4.69, 9.17) is 5.73 Å². The predicted octanol–water partition coefficient (Wildman–Crippen LogP) is -0.183. The zero-order chi connectivity index (χ0) is 10.5. The first-order valence-corrected chi connectivity index (χ1v) is 4.15. The summed E-state index contributed by atoms with van der Waals surface area (Å²) in [5.41, 5.74) is 4.44. The van der Waals surface area contributed by atoms with Crippen LogP contribution < -0.4 is 16.4 Å². The van der Waals surface area contributed by atoms with Gasteiger partial charge in [0.2, 0.25) is 5.91 Å². The maximum atomic E-state index is 11.3. The third kappa shape index (κ3) is 5.95. The lowest BCUT2D eigenvalue weighted by atomic mass is 9.96. The Balaban J connectivity index is 3.55. The predicted molar refractivity (Wildman–Crippen MR) is 50.1 cm³/mol. The van der Waals surface area contributed by atoms with E-state index >= 15 is 0 Å². The fourth-order valence-corrected chi connectivity index (χ4v) is 0.627. The van der Waals surface area contributed by atoms with Gasteiger partial charge in [0.25, 0.3) is 0 Å². The first-order chi connectivity index (χ1) is 5.84. The van der Waals surface area contributed by atoms with E-state index in [0.717, 1.165) is 0 Å². The first-order valence-electron chi connectivity index (χ1n) is 4.15. The summed E-state index contributed by atoms with van der Waals surface area (Å²) in [5.74, 6) is -0.0428. The van der Waals surface area contributed by atoms with Crippen LogP contribution >= 0.6 is 0 Å². The zero-order valence-corrected chi connectivity index (χ0v) is 8.31. The van der Waals surface area contributed by atoms with Crippen LogP contribution in [0.15, 0.2) is 0 Å². The molecule has 4 N–H and O–H groups in total. The summed E-state index contributed by atoms with van der Waals surface area (Å²) < 4.78 is 0. The Morgan fingerprint density at radius 3 is 2.00 bits per heavy atom. The molecular weight excluding hydrogens is 170 g/mol. The lowest BCUT2D eigenvalue weighted by Gasteiger charge is -2.17. The average Bonchev–Trinajstić information content (AvgIpc) is 1.95. The minimum atomic E-state index is -0.579. The molecule has 0 saturated carbocycles. The normalized spacial score (nSPS) is 10.7. The van der Waals surface area contributed by atoms with Crippen LogP contribution in [0.25, 0.3) is 0 Å². The van der Waals surface area contributed by atoms with Crippen molar-refractivity contribution in [2.75, 3.05) is 13.1 Å². The van der Waals surface area contributed by atoms with E-state index in [1.165, 1.54) is 0 Å². The molecule has 0 radical (unpaired) electrons. The van der Waals surface area contributed by atoms with Crippen LogP contribution in [0.1, 0.15) is 20.8 Å². The molecule has 13 heavy (non-hydrogen) atoms. The highest BCUT2D eigenvalue weighted by Gasteiger charge is 2.19. The Labute approximate surface area is 78.1 Å². The maximum Gasteiger partial charge on any atom is 0.312 e. The number of carbonyl (C=O) groups excluding carboxylic acids is 2. The molecule has 0 aliphatic carbocycles. The number of primary amides is 1. The molecule has 0 bridgehead atoms. The van der Waals surface area contributed by atoms with Gasteiger partial charge in [-0.05, 0) is 0 Å². The third-order valence-electron chi connectivity index (χ3n) is 1.39. The molecule has 0 rings (SSSR count). The molecule has 0 spiro atoms. The number of urea groups is 1. The van der Waals surface area contributed by atoms with Gasteiger partial charge < -0.3 is 16.4 Å². The molecule has 5 heteroatoms. The molecule has 3 amide bonds. The highest BCUT2D eigenvalue weighted by atomic mass is 16.2. The van der Waals surface area contributed by atoms with Gasteiger partial charge in [0.05, 0.1) is 0 Å². The maximum absolute atomic E-state index is 11.3. The summed E-state index contributed by atoms with van der Waals surface area (Å²) in [5, 5.41) is 5.05. The molecule has 0 aliphatic rings. The van der Waals surface area contributed by atoms with Crippen molar-refractivity contribution in [3.8, 4) is 0 Å². The van der Waals surface area contributed by atoms with Crippen LogP contribution in [0.2, 0.25) is 0 Å². The summed E-state index contributed by atoms with van der Waals surface area (Å²) in [6, 6.07) is -0.579. The topological polar surface area (TPSA) is 84.2 Å². The molecule has 0 aliphatic heterocycles. The molecule has 0 aromatic heterocycles. The van der Waals surface area contributed by atoms with E-state index in [9.17, 15) is 9.59 Å². The van der Waals surface area contributed by atoms with Crippen molar-refractivity contribution < 1.29 is 9.59 Å². The van der Waals surface area contributed by atoms with Crippen LogP contribution in [-0.4, -0.2) is 25.0 Å². The number of hydrogen-bond donors (Lipinski definition) is 3. The first kappa shape index (κ1) is 11.7. The number of amides is 3. The Morgan fingerprint density at radius 2 is 1.62 bits per heavy atom. The lowest BCUT2D eigenvalue weighted by Crippen LogP contribution is -2.41. The molecule has 0 atom stereocenters. The van der Waals surface area contributed by atoms with Crippen molar-refractivity contribution >= 4 is 11.9 Å². The van der Waals surface area contributed by atoms with Crippen LogP contribution in [0.3, 0.4) is 0 Å². The Kier molecular flexibility index (Phi) is 4.23. The van der Waals surface area contributed by atoms with Gasteiger partial charge in [-0.1, -0.05) is 20.8 Å². The van der Waals surface area contributed by atoms with Gasteiger partial charge in [-0.2, -0.15) is 0 Å². The highest BCUT2D eigenvalue weighted by molar-refractivity contribution is 5.81. The van der Waals surface area contributed by atoms with Crippen LogP contribution in [-0.2, 0) is 4.79 Å². The van der Waals surface area contributed by atoms with E-state index < -0.39 is 11.4 Å². The standard InChI is InChI=1S/C8H17N3O2/c1-8(2,3)6(12)10-4-5-11-7(9)13/h4-5H2,1-3H3,(H,10,12)(H3,9,11,13). The van der Waals surface area contributed by atoms with Gasteiger partial charge >= 0.3 is 6.03 Å². The summed E-state index contributed by atoms with van der Waals surface area (Å²) >= 11 is 0. The second-order valence-corrected chi connectivity index (χ2v) is 3.80. The summed E-state index contributed by atoms with van der Waals surface area (Å²) in [4.78, 5) is 21.5. The molecule has 0 unspecified atom stereocenters. The average molecular weight is 187 g/mol. The van der Waals surface area contributed by atoms with E-state index in [1.54, 1.807) is 0 Å². The number of rotatable bonds is 3. The Bertz CT molecular complexity index is 196. The van der Waals surface area contributed by atoms with Crippen LogP contribution in [0.5, 0.6) is 0 Å². The number of nitrogens with two attached hydrogens (primary N) is 1. The van der Waals surface area contributed by atoms with Crippen molar-refractivity contribution in [2.24, 2.45) is 11.1 Å². The quantitative estimate of drug-likeness (QED) is 0.535. The van der Waals surface area contributed by atoms with E-state index in [2.05, 4.69) is 10.6 Å². The fraction of sp³-hybridized carbons (Fsp3) is 0.750. The number of hydrogen-bond acceptors (Lipinski definition) is 2. The largest absolute Gasteiger partial charge is 0.354 e. The van der Waals surface area contributed by atoms with Gasteiger partial charge in [0.15, 0.2) is 0 Å². The van der Waals surface area contributed by atoms with Gasteiger partial charge in [0, 0.05) is 18.5 Å². The minimum absolute atomic E-state index is 0.0428. The molecule has 0 heterocycles. The van der Waals surface area contributed by atoms with Gasteiger partial charge in [-0.15, -0.1) is 0 Å². The number of nitrogens with one attached hydrogen (secondary N) is 2. The summed E-state index contributed by atoms with van der Waals surface area (Å²) in [6.07, 6.45) is 0. The van der Waals surface area contributed by atoms with E-state index in [0.29, 0.717) is 13.1 Å². The molecule has 0 aromatic rings. The Hall–Kier alpha value is -1.26. The van der Waals surface area contributed by atoms with Crippen molar-refractivity contribution in [1.29, 1.82) is 0 Å². The van der Waals surface area contributed by atoms with Gasteiger partial charge in [-0.3, -0.25) is 4.79 Å². The monoisotopic (exact) mass is 187 g/mol. The second kappa shape index (κ2) is 4.69. The molecule has 0 saturated heterocycles. The summed E-state index contributed by atoms with van der Waals surface area (Å²) in [6.45, 7) is 6.23. The molecular formula is C8H17N3O2. The van der Waals surface area contributed by atoms with Gasteiger partial charge in [0.1, 0.15) is 0 Å². The van der Waals surface area contributed by atoms with Crippen LogP contribution in [0.4, 0.5) is 4.79 Å². The van der Waals surface area contributed by atoms with E-state index in [1.807, 2.05) is 20.8 Å². The van der Waals surface area contributed by atoms with Crippen molar-refractivity contribution in [3.05, 3.63) is 0 Å². The second-order valence-electron chi connectivity index (χ2n) is 3.80. The summed E-state index contributed by atoms with van der Waals surface area (Å²) in [7, 11) is 0. The minimum Gasteiger partial charge on any atom is -0.354 e. The molecule has 0 aromatic carbocycles. The van der Waals surface area contributed by atoms with Crippen molar-refractivity contribution in [2.45, 2.75) is 20.8 Å². The lowest BCUT2D eigenvalue weighted by molar-refractivity contribution is -0.128. The van der Waals surface area contributed by atoms with Crippen molar-refractivity contribution in [1.82, 2.24) is 10.6 Å². The van der Waals surface area contributed by atoms with Gasteiger partial charge in [-0.25, -0.2) is 4.79 Å². The smallest absolute Gasteiger partial charge is 0.312 e. The highest BCUT2D eigenvalue weighted by Crippen LogP contribution is 2.11. The third-order valence-corrected chi connectivity index (χ3v) is 1.39. The van der Waals surface area contributed by atoms with Crippen molar-refractivity contribution in [3.63, 3.8) is 0 Å². The Morgan fingerprint density at radius 1 is 1.15 bits per heavy atom. The SMILES string of the molecule is CC(C)(C)C(=O)NCCNC(N)=O.